The molecule has 1 saturated carbocycles. The molecule has 1 atom stereocenters. The number of carbonyl (C=O) groups excluding carboxylic acids is 2. The van der Waals surface area contributed by atoms with Crippen LogP contribution < -0.4 is 0 Å². The highest BCUT2D eigenvalue weighted by molar-refractivity contribution is 5.95. The molecule has 0 N–H and O–H groups in total. The van der Waals surface area contributed by atoms with Gasteiger partial charge in [-0.3, -0.25) is 4.79 Å². The number of benzene rings is 2. The molecule has 0 aliphatic heterocycles. The number of rotatable bonds is 4. The van der Waals surface area contributed by atoms with Gasteiger partial charge in [-0.05, 0) is 81.7 Å². The first kappa shape index (κ1) is 22.4. The van der Waals surface area contributed by atoms with Crippen molar-refractivity contribution in [2.75, 3.05) is 0 Å². The van der Waals surface area contributed by atoms with Crippen molar-refractivity contribution >= 4 is 12.0 Å². The van der Waals surface area contributed by atoms with E-state index >= 15 is 0 Å². The first-order chi connectivity index (χ1) is 16.3. The molecule has 1 heterocycles. The molecule has 1 aromatic heterocycles. The Morgan fingerprint density at radius 1 is 0.941 bits per heavy atom. The minimum absolute atomic E-state index is 0.0927. The quantitative estimate of drug-likeness (QED) is 0.519. The second kappa shape index (κ2) is 8.75. The summed E-state index contributed by atoms with van der Waals surface area (Å²) in [4.78, 5) is 28.1. The van der Waals surface area contributed by atoms with Gasteiger partial charge in [0, 0.05) is 23.8 Å². The standard InChI is InChI=1S/C28H31N3O3/c1-28(2,3)34-27(33)30-18-22-17-24(15-16-25(22)29-30)31(23-13-14-23)26(32)21-11-9-20(10-12-21)19-7-5-4-6-8-19/h4-12,18,23-24H,13-17H2,1-3H3. The van der Waals surface area contributed by atoms with Gasteiger partial charge in [-0.1, -0.05) is 42.5 Å². The zero-order valence-corrected chi connectivity index (χ0v) is 20.0. The molecule has 1 unspecified atom stereocenters. The third kappa shape index (κ3) is 4.76. The molecule has 2 aliphatic rings. The lowest BCUT2D eigenvalue weighted by molar-refractivity contribution is 0.0513. The minimum Gasteiger partial charge on any atom is -0.442 e. The SMILES string of the molecule is CC(C)(C)OC(=O)n1cc2c(n1)CCC(N(C(=O)c1ccc(-c3ccccc3)cc1)C1CC1)C2. The molecule has 1 amide bonds. The van der Waals surface area contributed by atoms with Crippen LogP contribution in [0.25, 0.3) is 11.1 Å². The number of hydrogen-bond acceptors (Lipinski definition) is 4. The topological polar surface area (TPSA) is 64.4 Å². The largest absolute Gasteiger partial charge is 0.442 e. The van der Waals surface area contributed by atoms with Crippen LogP contribution in [-0.4, -0.2) is 44.4 Å². The molecule has 0 spiro atoms. The summed E-state index contributed by atoms with van der Waals surface area (Å²) in [5, 5.41) is 4.47. The first-order valence-electron chi connectivity index (χ1n) is 12.1. The van der Waals surface area contributed by atoms with Crippen LogP contribution in [0.15, 0.2) is 60.8 Å². The summed E-state index contributed by atoms with van der Waals surface area (Å²) >= 11 is 0. The Morgan fingerprint density at radius 3 is 2.26 bits per heavy atom. The fourth-order valence-corrected chi connectivity index (χ4v) is 4.69. The Kier molecular flexibility index (Phi) is 5.76. The Morgan fingerprint density at radius 2 is 1.62 bits per heavy atom. The number of aryl methyl sites for hydroxylation is 1. The summed E-state index contributed by atoms with van der Waals surface area (Å²) < 4.78 is 6.77. The van der Waals surface area contributed by atoms with Crippen LogP contribution in [0.5, 0.6) is 0 Å². The molecule has 176 valence electrons. The van der Waals surface area contributed by atoms with Crippen LogP contribution >= 0.6 is 0 Å². The molecule has 0 radical (unpaired) electrons. The Hall–Kier alpha value is -3.41. The van der Waals surface area contributed by atoms with Crippen molar-refractivity contribution in [3.8, 4) is 11.1 Å². The maximum atomic E-state index is 13.6. The second-order valence-electron chi connectivity index (χ2n) is 10.3. The highest BCUT2D eigenvalue weighted by Crippen LogP contribution is 2.35. The van der Waals surface area contributed by atoms with E-state index in [1.807, 2.05) is 63.2 Å². The van der Waals surface area contributed by atoms with E-state index in [0.29, 0.717) is 12.5 Å². The van der Waals surface area contributed by atoms with Crippen LogP contribution in [0.4, 0.5) is 4.79 Å². The van der Waals surface area contributed by atoms with Crippen LogP contribution in [0.3, 0.4) is 0 Å². The second-order valence-corrected chi connectivity index (χ2v) is 10.3. The van der Waals surface area contributed by atoms with Crippen molar-refractivity contribution in [1.29, 1.82) is 0 Å². The average molecular weight is 458 g/mol. The van der Waals surface area contributed by atoms with Crippen molar-refractivity contribution in [3.05, 3.63) is 77.6 Å². The van der Waals surface area contributed by atoms with Crippen LogP contribution in [0, 0.1) is 0 Å². The number of aromatic nitrogens is 2. The Bertz CT molecular complexity index is 1190. The monoisotopic (exact) mass is 457 g/mol. The Balaban J connectivity index is 1.33. The lowest BCUT2D eigenvalue weighted by Crippen LogP contribution is -2.44. The van der Waals surface area contributed by atoms with Gasteiger partial charge in [-0.2, -0.15) is 9.78 Å². The van der Waals surface area contributed by atoms with Gasteiger partial charge in [0.05, 0.1) is 5.69 Å². The van der Waals surface area contributed by atoms with Crippen molar-refractivity contribution in [2.24, 2.45) is 0 Å². The van der Waals surface area contributed by atoms with Gasteiger partial charge >= 0.3 is 6.09 Å². The van der Waals surface area contributed by atoms with Gasteiger partial charge in [-0.25, -0.2) is 4.79 Å². The zero-order chi connectivity index (χ0) is 23.9. The van der Waals surface area contributed by atoms with Crippen LogP contribution in [0.1, 0.15) is 61.6 Å². The van der Waals surface area contributed by atoms with Gasteiger partial charge in [-0.15, -0.1) is 0 Å². The highest BCUT2D eigenvalue weighted by Gasteiger charge is 2.39. The normalized spacial score (nSPS) is 17.7. The van der Waals surface area contributed by atoms with Crippen molar-refractivity contribution in [3.63, 3.8) is 0 Å². The summed E-state index contributed by atoms with van der Waals surface area (Å²) in [5.74, 6) is 0.0927. The molecule has 0 saturated heterocycles. The van der Waals surface area contributed by atoms with Crippen molar-refractivity contribution in [1.82, 2.24) is 14.7 Å². The fraction of sp³-hybridized carbons (Fsp3) is 0.393. The summed E-state index contributed by atoms with van der Waals surface area (Å²) in [6.45, 7) is 5.53. The number of fused-ring (bicyclic) bond motifs is 1. The molecule has 5 rings (SSSR count). The van der Waals surface area contributed by atoms with Gasteiger partial charge in [0.1, 0.15) is 5.60 Å². The molecule has 2 aromatic carbocycles. The highest BCUT2D eigenvalue weighted by atomic mass is 16.6. The van der Waals surface area contributed by atoms with E-state index in [2.05, 4.69) is 22.1 Å². The molecule has 6 nitrogen and oxygen atoms in total. The number of ether oxygens (including phenoxy) is 1. The van der Waals surface area contributed by atoms with Gasteiger partial charge in [0.25, 0.3) is 5.91 Å². The van der Waals surface area contributed by atoms with Gasteiger partial charge in [0.15, 0.2) is 0 Å². The number of amides is 1. The van der Waals surface area contributed by atoms with Crippen LogP contribution in [0.2, 0.25) is 0 Å². The van der Waals surface area contributed by atoms with E-state index in [-0.39, 0.29) is 11.9 Å². The molecule has 34 heavy (non-hydrogen) atoms. The van der Waals surface area contributed by atoms with E-state index in [9.17, 15) is 9.59 Å². The molecule has 1 fully saturated rings. The van der Waals surface area contributed by atoms with Crippen molar-refractivity contribution in [2.45, 2.75) is 70.6 Å². The molecule has 6 heteroatoms. The fourth-order valence-electron chi connectivity index (χ4n) is 4.69. The molecule has 3 aromatic rings. The maximum Gasteiger partial charge on any atom is 0.435 e. The van der Waals surface area contributed by atoms with E-state index in [1.54, 1.807) is 6.20 Å². The third-order valence-corrected chi connectivity index (χ3v) is 6.43. The Labute approximate surface area is 200 Å². The third-order valence-electron chi connectivity index (χ3n) is 6.43. The summed E-state index contributed by atoms with van der Waals surface area (Å²) in [6.07, 6.45) is 5.72. The smallest absolute Gasteiger partial charge is 0.435 e. The number of hydrogen-bond donors (Lipinski definition) is 0. The molecule has 0 bridgehead atoms. The van der Waals surface area contributed by atoms with Gasteiger partial charge < -0.3 is 9.64 Å². The number of nitrogens with zero attached hydrogens (tertiary/aromatic N) is 3. The lowest BCUT2D eigenvalue weighted by Gasteiger charge is -2.34. The summed E-state index contributed by atoms with van der Waals surface area (Å²) in [7, 11) is 0. The minimum atomic E-state index is -0.572. The molecular formula is C28H31N3O3. The lowest BCUT2D eigenvalue weighted by atomic mass is 9.91. The number of carbonyl (C=O) groups is 2. The van der Waals surface area contributed by atoms with Gasteiger partial charge in [0.2, 0.25) is 0 Å². The van der Waals surface area contributed by atoms with E-state index in [4.69, 9.17) is 4.74 Å². The van der Waals surface area contributed by atoms with E-state index in [1.165, 1.54) is 4.68 Å². The van der Waals surface area contributed by atoms with E-state index < -0.39 is 11.7 Å². The van der Waals surface area contributed by atoms with Crippen molar-refractivity contribution < 1.29 is 14.3 Å². The summed E-state index contributed by atoms with van der Waals surface area (Å²) in [6, 6.07) is 18.5. The summed E-state index contributed by atoms with van der Waals surface area (Å²) in [5.41, 5.74) is 4.35. The van der Waals surface area contributed by atoms with E-state index in [0.717, 1.165) is 53.6 Å². The zero-order valence-electron chi connectivity index (χ0n) is 20.0. The predicted molar refractivity (Wildman–Crippen MR) is 131 cm³/mol. The van der Waals surface area contributed by atoms with Crippen LogP contribution in [-0.2, 0) is 17.6 Å². The predicted octanol–water partition coefficient (Wildman–Crippen LogP) is 5.50. The first-order valence-corrected chi connectivity index (χ1v) is 12.1. The molecule has 2 aliphatic carbocycles. The average Bonchev–Trinajstić information content (AvgIpc) is 3.55. The molecular weight excluding hydrogens is 426 g/mol. The maximum absolute atomic E-state index is 13.6.